The van der Waals surface area contributed by atoms with Crippen molar-refractivity contribution in [1.82, 2.24) is 0 Å². The van der Waals surface area contributed by atoms with Gasteiger partial charge in [0.05, 0.1) is 13.2 Å². The second kappa shape index (κ2) is 11.3. The van der Waals surface area contributed by atoms with Crippen LogP contribution in [0.25, 0.3) is 0 Å². The van der Waals surface area contributed by atoms with E-state index in [4.69, 9.17) is 22.3 Å². The van der Waals surface area contributed by atoms with Gasteiger partial charge in [-0.05, 0) is 7.43 Å². The molecule has 0 aromatic carbocycles. The Bertz CT molecular complexity index is 191. The summed E-state index contributed by atoms with van der Waals surface area (Å²) in [6.45, 7) is 8.18. The Morgan fingerprint density at radius 2 is 1.38 bits per heavy atom. The van der Waals surface area contributed by atoms with Crippen LogP contribution in [0.2, 0.25) is 0 Å². The van der Waals surface area contributed by atoms with Gasteiger partial charge in [-0.25, -0.2) is 0 Å². The van der Waals surface area contributed by atoms with Crippen LogP contribution in [0.1, 0.15) is 0 Å². The molecular formula is C7H13O5S. The Morgan fingerprint density at radius 1 is 1.15 bits per heavy atom. The van der Waals surface area contributed by atoms with E-state index < -0.39 is 10.4 Å². The molecule has 0 fully saturated rings. The highest BCUT2D eigenvalue weighted by atomic mass is 32.3. The van der Waals surface area contributed by atoms with E-state index in [9.17, 15) is 0 Å². The first kappa shape index (κ1) is 18.2. The fourth-order valence-electron chi connectivity index (χ4n) is 0.235. The number of rotatable bonds is 4. The zero-order valence-electron chi connectivity index (χ0n) is 7.09. The van der Waals surface area contributed by atoms with E-state index in [0.29, 0.717) is 13.2 Å². The Morgan fingerprint density at radius 3 is 1.54 bits per heavy atom. The fourth-order valence-corrected chi connectivity index (χ4v) is 0.235. The van der Waals surface area contributed by atoms with Gasteiger partial charge < -0.3 is 4.74 Å². The molecule has 13 heavy (non-hydrogen) atoms. The van der Waals surface area contributed by atoms with Gasteiger partial charge in [0.25, 0.3) is 0 Å². The standard InChI is InChI=1S/C6H10O.CH.H2O4S/c1-3-5-7-6-4-2;;1-5(2,3)4/h3-4H,1-2,5-6H2;1H;(H2,1,2,3,4). The second-order valence-electron chi connectivity index (χ2n) is 1.56. The molecule has 0 rings (SSSR count). The Hall–Kier alpha value is -0.690. The zero-order chi connectivity index (χ0) is 10.0. The molecule has 0 aliphatic carbocycles. The highest BCUT2D eigenvalue weighted by molar-refractivity contribution is 7.79. The summed E-state index contributed by atoms with van der Waals surface area (Å²) in [6, 6.07) is 0. The largest absolute Gasteiger partial charge is 0.394 e. The molecule has 0 saturated heterocycles. The molecule has 0 unspecified atom stereocenters. The van der Waals surface area contributed by atoms with Crippen molar-refractivity contribution in [2.75, 3.05) is 13.2 Å². The third-order valence-electron chi connectivity index (χ3n) is 0.471. The van der Waals surface area contributed by atoms with Gasteiger partial charge in [0, 0.05) is 0 Å². The molecule has 5 nitrogen and oxygen atoms in total. The number of hydrogen-bond acceptors (Lipinski definition) is 3. The molecule has 0 amide bonds. The van der Waals surface area contributed by atoms with E-state index in [1.54, 1.807) is 12.2 Å². The van der Waals surface area contributed by atoms with E-state index in [0.717, 1.165) is 0 Å². The predicted molar refractivity (Wildman–Crippen MR) is 49.7 cm³/mol. The lowest BCUT2D eigenvalue weighted by molar-refractivity contribution is 0.194. The Labute approximate surface area is 79.3 Å². The zero-order valence-corrected chi connectivity index (χ0v) is 7.90. The maximum Gasteiger partial charge on any atom is 0.394 e. The van der Waals surface area contributed by atoms with Crippen molar-refractivity contribution in [2.24, 2.45) is 0 Å². The lowest BCUT2D eigenvalue weighted by Gasteiger charge is -1.89. The smallest absolute Gasteiger partial charge is 0.373 e. The summed E-state index contributed by atoms with van der Waals surface area (Å²) in [6.07, 6.45) is 3.42. The van der Waals surface area contributed by atoms with E-state index in [2.05, 4.69) is 13.2 Å². The SMILES string of the molecule is C=CCOCC=C.O=S(=O)(O)O.[CH]. The third-order valence-corrected chi connectivity index (χ3v) is 0.471. The summed E-state index contributed by atoms with van der Waals surface area (Å²) < 4.78 is 36.5. The molecule has 0 aliphatic rings. The van der Waals surface area contributed by atoms with Crippen molar-refractivity contribution in [2.45, 2.75) is 0 Å². The summed E-state index contributed by atoms with van der Waals surface area (Å²) in [4.78, 5) is 0. The topological polar surface area (TPSA) is 83.8 Å². The monoisotopic (exact) mass is 209 g/mol. The molecule has 6 heteroatoms. The fraction of sp³-hybridized carbons (Fsp3) is 0.286. The van der Waals surface area contributed by atoms with Gasteiger partial charge in [0.1, 0.15) is 0 Å². The van der Waals surface area contributed by atoms with Crippen molar-refractivity contribution in [3.05, 3.63) is 32.7 Å². The molecule has 0 aromatic rings. The Kier molecular flexibility index (Phi) is 15.8. The maximum absolute atomic E-state index is 8.74. The van der Waals surface area contributed by atoms with Crippen LogP contribution in [-0.4, -0.2) is 30.7 Å². The quantitative estimate of drug-likeness (QED) is 0.408. The molecule has 0 aliphatic heterocycles. The van der Waals surface area contributed by atoms with Crippen molar-refractivity contribution in [1.29, 1.82) is 0 Å². The Balaban J connectivity index is -0.000000150. The summed E-state index contributed by atoms with van der Waals surface area (Å²) in [5.74, 6) is 0. The molecule has 0 spiro atoms. The van der Waals surface area contributed by atoms with Gasteiger partial charge in [0.2, 0.25) is 0 Å². The molecule has 0 saturated carbocycles. The van der Waals surface area contributed by atoms with Crippen molar-refractivity contribution in [3.8, 4) is 0 Å². The minimum absolute atomic E-state index is 0. The van der Waals surface area contributed by atoms with Gasteiger partial charge in [-0.2, -0.15) is 8.42 Å². The van der Waals surface area contributed by atoms with Gasteiger partial charge in [-0.3, -0.25) is 9.11 Å². The molecule has 2 N–H and O–H groups in total. The summed E-state index contributed by atoms with van der Waals surface area (Å²) in [5, 5.41) is 0. The van der Waals surface area contributed by atoms with Crippen LogP contribution in [0.5, 0.6) is 0 Å². The first-order valence-corrected chi connectivity index (χ1v) is 4.31. The number of ether oxygens (including phenoxy) is 1. The average Bonchev–Trinajstić information content (AvgIpc) is 1.85. The van der Waals surface area contributed by atoms with Gasteiger partial charge in [-0.15, -0.1) is 13.2 Å². The van der Waals surface area contributed by atoms with E-state index >= 15 is 0 Å². The second-order valence-corrected chi connectivity index (χ2v) is 2.46. The lowest BCUT2D eigenvalue weighted by Crippen LogP contribution is -1.89. The van der Waals surface area contributed by atoms with Gasteiger partial charge in [0.15, 0.2) is 0 Å². The van der Waals surface area contributed by atoms with E-state index in [-0.39, 0.29) is 7.43 Å². The minimum atomic E-state index is -4.67. The average molecular weight is 209 g/mol. The molecule has 3 radical (unpaired) electrons. The first-order valence-electron chi connectivity index (χ1n) is 2.91. The summed E-state index contributed by atoms with van der Waals surface area (Å²) in [5.41, 5.74) is 0. The molecule has 0 heterocycles. The third kappa shape index (κ3) is 89.5. The first-order chi connectivity index (χ1) is 5.41. The summed E-state index contributed by atoms with van der Waals surface area (Å²) in [7, 11) is -4.67. The van der Waals surface area contributed by atoms with Crippen LogP contribution in [-0.2, 0) is 15.1 Å². The van der Waals surface area contributed by atoms with Crippen LogP contribution in [0.3, 0.4) is 0 Å². The van der Waals surface area contributed by atoms with E-state index in [1.807, 2.05) is 0 Å². The normalized spacial score (nSPS) is 8.77. The summed E-state index contributed by atoms with van der Waals surface area (Å²) >= 11 is 0. The molecular weight excluding hydrogens is 196 g/mol. The number of hydrogen-bond donors (Lipinski definition) is 2. The highest BCUT2D eigenvalue weighted by Crippen LogP contribution is 1.72. The molecule has 0 bridgehead atoms. The lowest BCUT2D eigenvalue weighted by atomic mass is 10.6. The highest BCUT2D eigenvalue weighted by Gasteiger charge is 1.84. The van der Waals surface area contributed by atoms with Gasteiger partial charge in [-0.1, -0.05) is 12.2 Å². The van der Waals surface area contributed by atoms with Crippen molar-refractivity contribution < 1.29 is 22.3 Å². The van der Waals surface area contributed by atoms with Gasteiger partial charge >= 0.3 is 10.4 Å². The van der Waals surface area contributed by atoms with Crippen molar-refractivity contribution >= 4 is 10.4 Å². The van der Waals surface area contributed by atoms with E-state index in [1.165, 1.54) is 0 Å². The van der Waals surface area contributed by atoms with Crippen LogP contribution in [0, 0.1) is 7.43 Å². The van der Waals surface area contributed by atoms with Crippen molar-refractivity contribution in [3.63, 3.8) is 0 Å². The van der Waals surface area contributed by atoms with Crippen LogP contribution in [0.15, 0.2) is 25.3 Å². The van der Waals surface area contributed by atoms with Crippen LogP contribution in [0.4, 0.5) is 0 Å². The molecule has 77 valence electrons. The van der Waals surface area contributed by atoms with Crippen LogP contribution >= 0.6 is 0 Å². The molecule has 0 aromatic heterocycles. The minimum Gasteiger partial charge on any atom is -0.373 e. The maximum atomic E-state index is 8.74. The molecule has 0 atom stereocenters. The van der Waals surface area contributed by atoms with Crippen LogP contribution < -0.4 is 0 Å². The predicted octanol–water partition coefficient (Wildman–Crippen LogP) is 0.926.